The molecule has 0 bridgehead atoms. The number of carbonyl (C=O) groups excluding carboxylic acids is 2. The van der Waals surface area contributed by atoms with Crippen molar-refractivity contribution in [1.29, 1.82) is 0 Å². The Balaban J connectivity index is 2.48. The second-order valence-electron chi connectivity index (χ2n) is 7.69. The van der Waals surface area contributed by atoms with Gasteiger partial charge in [0.1, 0.15) is 11.6 Å². The van der Waals surface area contributed by atoms with Gasteiger partial charge < -0.3 is 10.1 Å². The molecule has 2 aromatic carbocycles. The molecule has 0 aliphatic heterocycles. The zero-order valence-corrected chi connectivity index (χ0v) is 16.9. The van der Waals surface area contributed by atoms with Crippen molar-refractivity contribution in [2.24, 2.45) is 0 Å². The summed E-state index contributed by atoms with van der Waals surface area (Å²) in [6.45, 7) is 4.81. The van der Waals surface area contributed by atoms with Gasteiger partial charge in [0.05, 0.1) is 0 Å². The molecular weight excluding hydrogens is 395 g/mol. The second kappa shape index (κ2) is 9.61. The van der Waals surface area contributed by atoms with Gasteiger partial charge in [-0.25, -0.2) is 4.79 Å². The molecule has 1 amide bonds. The standard InChI is InChI=1S/C23H24F3NO3/c1-22(2,3)30-20(28)19(27-21(29)23(24,25)26)18(17-12-8-5-9-13-17)15-14-16-10-6-4-7-11-16/h4-15,18-19H,1-3H3,(H,27,29)/b15-14+/t18-,19+/m1/s1. The van der Waals surface area contributed by atoms with E-state index in [-0.39, 0.29) is 0 Å². The molecule has 2 atom stereocenters. The van der Waals surface area contributed by atoms with Crippen LogP contribution in [-0.2, 0) is 14.3 Å². The summed E-state index contributed by atoms with van der Waals surface area (Å²) in [5.74, 6) is -4.04. The molecule has 0 aliphatic rings. The van der Waals surface area contributed by atoms with Gasteiger partial charge in [-0.1, -0.05) is 72.8 Å². The first kappa shape index (κ1) is 23.2. The zero-order valence-electron chi connectivity index (χ0n) is 16.9. The van der Waals surface area contributed by atoms with Gasteiger partial charge in [0, 0.05) is 5.92 Å². The van der Waals surface area contributed by atoms with E-state index in [2.05, 4.69) is 0 Å². The Kier molecular flexibility index (Phi) is 7.43. The first-order valence-electron chi connectivity index (χ1n) is 9.36. The van der Waals surface area contributed by atoms with Gasteiger partial charge in [0.15, 0.2) is 0 Å². The van der Waals surface area contributed by atoms with Gasteiger partial charge in [-0.15, -0.1) is 0 Å². The second-order valence-corrected chi connectivity index (χ2v) is 7.69. The van der Waals surface area contributed by atoms with Crippen molar-refractivity contribution in [3.8, 4) is 0 Å². The van der Waals surface area contributed by atoms with Crippen LogP contribution < -0.4 is 5.32 Å². The Hall–Kier alpha value is -3.09. The number of halogens is 3. The van der Waals surface area contributed by atoms with Crippen LogP contribution in [0.5, 0.6) is 0 Å². The predicted octanol–water partition coefficient (Wildman–Crippen LogP) is 4.87. The summed E-state index contributed by atoms with van der Waals surface area (Å²) in [6.07, 6.45) is -1.85. The van der Waals surface area contributed by atoms with E-state index in [1.54, 1.807) is 63.3 Å². The number of benzene rings is 2. The molecule has 4 nitrogen and oxygen atoms in total. The minimum atomic E-state index is -5.13. The van der Waals surface area contributed by atoms with Crippen molar-refractivity contribution in [2.75, 3.05) is 0 Å². The molecule has 0 fully saturated rings. The summed E-state index contributed by atoms with van der Waals surface area (Å²) in [4.78, 5) is 24.5. The van der Waals surface area contributed by atoms with E-state index >= 15 is 0 Å². The molecule has 0 saturated heterocycles. The Morgan fingerprint density at radius 1 is 0.933 bits per heavy atom. The normalized spacial score (nSPS) is 14.2. The number of alkyl halides is 3. The van der Waals surface area contributed by atoms with Crippen LogP contribution in [0.25, 0.3) is 6.08 Å². The number of nitrogens with one attached hydrogen (secondary N) is 1. The van der Waals surface area contributed by atoms with E-state index in [0.29, 0.717) is 5.56 Å². The fourth-order valence-corrected chi connectivity index (χ4v) is 2.75. The molecule has 0 unspecified atom stereocenters. The zero-order chi connectivity index (χ0) is 22.4. The predicted molar refractivity (Wildman–Crippen MR) is 108 cm³/mol. The number of amides is 1. The van der Waals surface area contributed by atoms with Crippen molar-refractivity contribution in [3.05, 3.63) is 77.9 Å². The number of ether oxygens (including phenoxy) is 1. The van der Waals surface area contributed by atoms with Gasteiger partial charge in [0.2, 0.25) is 0 Å². The van der Waals surface area contributed by atoms with Crippen molar-refractivity contribution in [1.82, 2.24) is 5.32 Å². The lowest BCUT2D eigenvalue weighted by atomic mass is 9.90. The lowest BCUT2D eigenvalue weighted by Crippen LogP contribution is -2.51. The summed E-state index contributed by atoms with van der Waals surface area (Å²) in [7, 11) is 0. The van der Waals surface area contributed by atoms with Gasteiger partial charge >= 0.3 is 18.1 Å². The van der Waals surface area contributed by atoms with Crippen LogP contribution in [-0.4, -0.2) is 29.7 Å². The highest BCUT2D eigenvalue weighted by atomic mass is 19.4. The van der Waals surface area contributed by atoms with E-state index in [4.69, 9.17) is 4.74 Å². The maximum atomic E-state index is 12.9. The topological polar surface area (TPSA) is 55.4 Å². The monoisotopic (exact) mass is 419 g/mol. The molecule has 2 rings (SSSR count). The summed E-state index contributed by atoms with van der Waals surface area (Å²) < 4.78 is 44.1. The number of carbonyl (C=O) groups is 2. The summed E-state index contributed by atoms with van der Waals surface area (Å²) in [6, 6.07) is 16.0. The Morgan fingerprint density at radius 3 is 1.97 bits per heavy atom. The summed E-state index contributed by atoms with van der Waals surface area (Å²) in [5, 5.41) is 1.82. The summed E-state index contributed by atoms with van der Waals surface area (Å²) >= 11 is 0. The third kappa shape index (κ3) is 7.06. The van der Waals surface area contributed by atoms with Crippen molar-refractivity contribution in [2.45, 2.75) is 44.5 Å². The Labute approximate surface area is 173 Å². The van der Waals surface area contributed by atoms with Crippen LogP contribution in [0.2, 0.25) is 0 Å². The first-order chi connectivity index (χ1) is 14.0. The average molecular weight is 419 g/mol. The highest BCUT2D eigenvalue weighted by Crippen LogP contribution is 2.26. The highest BCUT2D eigenvalue weighted by Gasteiger charge is 2.43. The van der Waals surface area contributed by atoms with Crippen molar-refractivity contribution >= 4 is 18.0 Å². The Bertz CT molecular complexity index is 872. The minimum Gasteiger partial charge on any atom is -0.458 e. The lowest BCUT2D eigenvalue weighted by molar-refractivity contribution is -0.177. The number of esters is 1. The molecule has 2 aromatic rings. The number of hydrogen-bond donors (Lipinski definition) is 1. The van der Waals surface area contributed by atoms with E-state index in [0.717, 1.165) is 5.56 Å². The molecule has 0 saturated carbocycles. The molecule has 1 N–H and O–H groups in total. The molecule has 160 valence electrons. The average Bonchev–Trinajstić information content (AvgIpc) is 2.66. The van der Waals surface area contributed by atoms with Crippen molar-refractivity contribution < 1.29 is 27.5 Å². The van der Waals surface area contributed by atoms with Crippen LogP contribution in [0, 0.1) is 0 Å². The van der Waals surface area contributed by atoms with Crippen LogP contribution >= 0.6 is 0 Å². The molecular formula is C23H24F3NO3. The molecule has 0 aromatic heterocycles. The van der Waals surface area contributed by atoms with Crippen LogP contribution in [0.15, 0.2) is 66.7 Å². The first-order valence-corrected chi connectivity index (χ1v) is 9.36. The quantitative estimate of drug-likeness (QED) is 0.680. The number of hydrogen-bond acceptors (Lipinski definition) is 3. The van der Waals surface area contributed by atoms with E-state index in [9.17, 15) is 22.8 Å². The summed E-state index contributed by atoms with van der Waals surface area (Å²) in [5.41, 5.74) is 0.411. The van der Waals surface area contributed by atoms with Crippen molar-refractivity contribution in [3.63, 3.8) is 0 Å². The van der Waals surface area contributed by atoms with E-state index in [1.807, 2.05) is 35.6 Å². The smallest absolute Gasteiger partial charge is 0.458 e. The minimum absolute atomic E-state index is 0.558. The van der Waals surface area contributed by atoms with Gasteiger partial charge in [0.25, 0.3) is 0 Å². The van der Waals surface area contributed by atoms with Crippen LogP contribution in [0.1, 0.15) is 37.8 Å². The molecule has 0 spiro atoms. The van der Waals surface area contributed by atoms with Gasteiger partial charge in [-0.05, 0) is 31.9 Å². The van der Waals surface area contributed by atoms with Gasteiger partial charge in [-0.3, -0.25) is 4.79 Å². The van der Waals surface area contributed by atoms with Crippen LogP contribution in [0.3, 0.4) is 0 Å². The molecule has 0 heterocycles. The molecule has 0 aliphatic carbocycles. The van der Waals surface area contributed by atoms with Gasteiger partial charge in [-0.2, -0.15) is 13.2 Å². The fourth-order valence-electron chi connectivity index (χ4n) is 2.75. The van der Waals surface area contributed by atoms with E-state index < -0.39 is 35.6 Å². The third-order valence-electron chi connectivity index (χ3n) is 4.04. The fraction of sp³-hybridized carbons (Fsp3) is 0.304. The maximum absolute atomic E-state index is 12.9. The highest BCUT2D eigenvalue weighted by molar-refractivity contribution is 5.88. The Morgan fingerprint density at radius 2 is 1.47 bits per heavy atom. The number of rotatable bonds is 6. The van der Waals surface area contributed by atoms with E-state index in [1.165, 1.54) is 0 Å². The third-order valence-corrected chi connectivity index (χ3v) is 4.04. The largest absolute Gasteiger partial charge is 0.471 e. The van der Waals surface area contributed by atoms with Crippen LogP contribution in [0.4, 0.5) is 13.2 Å². The molecule has 0 radical (unpaired) electrons. The maximum Gasteiger partial charge on any atom is 0.471 e. The molecule has 7 heteroatoms. The SMILES string of the molecule is CC(C)(C)OC(=O)[C@@H](NC(=O)C(F)(F)F)[C@H](/C=C/c1ccccc1)c1ccccc1. The molecule has 30 heavy (non-hydrogen) atoms. The lowest BCUT2D eigenvalue weighted by Gasteiger charge is -2.29.